The SMILES string of the molecule is CCCOc1c(OC)cc(C=O)cc1S(=O)(=O)CCO. The lowest BCUT2D eigenvalue weighted by molar-refractivity contribution is 0.112. The van der Waals surface area contributed by atoms with Gasteiger partial charge in [-0.15, -0.1) is 0 Å². The molecule has 0 saturated heterocycles. The zero-order valence-corrected chi connectivity index (χ0v) is 12.3. The Balaban J connectivity index is 3.47. The summed E-state index contributed by atoms with van der Waals surface area (Å²) in [6.07, 6.45) is 1.22. The summed E-state index contributed by atoms with van der Waals surface area (Å²) in [7, 11) is -2.38. The Morgan fingerprint density at radius 2 is 2.05 bits per heavy atom. The molecule has 0 radical (unpaired) electrons. The Labute approximate surface area is 118 Å². The summed E-state index contributed by atoms with van der Waals surface area (Å²) in [5.41, 5.74) is 0.169. The lowest BCUT2D eigenvalue weighted by atomic mass is 10.2. The van der Waals surface area contributed by atoms with Crippen LogP contribution in [0.2, 0.25) is 0 Å². The van der Waals surface area contributed by atoms with Gasteiger partial charge in [-0.1, -0.05) is 6.92 Å². The maximum atomic E-state index is 12.1. The molecule has 0 aromatic heterocycles. The number of benzene rings is 1. The third-order valence-corrected chi connectivity index (χ3v) is 4.24. The van der Waals surface area contributed by atoms with Crippen molar-refractivity contribution in [2.75, 3.05) is 26.1 Å². The molecular weight excluding hydrogens is 284 g/mol. The van der Waals surface area contributed by atoms with E-state index < -0.39 is 22.2 Å². The molecule has 1 aromatic carbocycles. The van der Waals surface area contributed by atoms with Crippen molar-refractivity contribution in [3.05, 3.63) is 17.7 Å². The maximum Gasteiger partial charge on any atom is 0.184 e. The van der Waals surface area contributed by atoms with Crippen LogP contribution in [0.15, 0.2) is 17.0 Å². The number of carbonyl (C=O) groups excluding carboxylic acids is 1. The number of rotatable bonds is 8. The molecule has 0 spiro atoms. The van der Waals surface area contributed by atoms with E-state index in [1.165, 1.54) is 19.2 Å². The Hall–Kier alpha value is -1.60. The summed E-state index contributed by atoms with van der Waals surface area (Å²) >= 11 is 0. The van der Waals surface area contributed by atoms with Gasteiger partial charge < -0.3 is 14.6 Å². The molecule has 6 nitrogen and oxygen atoms in total. The Kier molecular flexibility index (Phi) is 5.97. The lowest BCUT2D eigenvalue weighted by Gasteiger charge is -2.15. The van der Waals surface area contributed by atoms with Gasteiger partial charge in [0.15, 0.2) is 21.3 Å². The minimum absolute atomic E-state index is 0.0772. The van der Waals surface area contributed by atoms with Gasteiger partial charge in [0.2, 0.25) is 0 Å². The molecule has 0 heterocycles. The normalized spacial score (nSPS) is 11.2. The summed E-state index contributed by atoms with van der Waals surface area (Å²) < 4.78 is 34.8. The van der Waals surface area contributed by atoms with Crippen LogP contribution in [0.1, 0.15) is 23.7 Å². The van der Waals surface area contributed by atoms with Crippen molar-refractivity contribution in [3.63, 3.8) is 0 Å². The minimum atomic E-state index is -3.75. The van der Waals surface area contributed by atoms with E-state index in [0.29, 0.717) is 19.3 Å². The van der Waals surface area contributed by atoms with Gasteiger partial charge in [-0.25, -0.2) is 8.42 Å². The van der Waals surface area contributed by atoms with Crippen molar-refractivity contribution in [1.82, 2.24) is 0 Å². The molecule has 1 rings (SSSR count). The number of ether oxygens (including phenoxy) is 2. The molecule has 112 valence electrons. The van der Waals surface area contributed by atoms with Gasteiger partial charge in [0, 0.05) is 5.56 Å². The molecule has 0 aliphatic heterocycles. The van der Waals surface area contributed by atoms with Gasteiger partial charge in [0.25, 0.3) is 0 Å². The monoisotopic (exact) mass is 302 g/mol. The first-order valence-electron chi connectivity index (χ1n) is 6.13. The van der Waals surface area contributed by atoms with Gasteiger partial charge in [-0.2, -0.15) is 0 Å². The Bertz CT molecular complexity index is 564. The van der Waals surface area contributed by atoms with Crippen LogP contribution in [0.5, 0.6) is 11.5 Å². The van der Waals surface area contributed by atoms with Crippen LogP contribution in [0.3, 0.4) is 0 Å². The fraction of sp³-hybridized carbons (Fsp3) is 0.462. The topological polar surface area (TPSA) is 89.9 Å². The number of hydrogen-bond acceptors (Lipinski definition) is 6. The molecule has 20 heavy (non-hydrogen) atoms. The minimum Gasteiger partial charge on any atom is -0.493 e. The van der Waals surface area contributed by atoms with Crippen LogP contribution >= 0.6 is 0 Å². The first kappa shape index (κ1) is 16.5. The fourth-order valence-electron chi connectivity index (χ4n) is 1.62. The van der Waals surface area contributed by atoms with E-state index in [1.54, 1.807) is 0 Å². The average Bonchev–Trinajstić information content (AvgIpc) is 2.44. The highest BCUT2D eigenvalue weighted by atomic mass is 32.2. The van der Waals surface area contributed by atoms with Crippen LogP contribution in [0.25, 0.3) is 0 Å². The third-order valence-electron chi connectivity index (χ3n) is 2.54. The van der Waals surface area contributed by atoms with E-state index in [-0.39, 0.29) is 22.0 Å². The molecule has 0 bridgehead atoms. The quantitative estimate of drug-likeness (QED) is 0.722. The molecule has 0 amide bonds. The molecule has 0 unspecified atom stereocenters. The molecule has 0 saturated carbocycles. The summed E-state index contributed by atoms with van der Waals surface area (Å²) in [5.74, 6) is -0.186. The molecule has 1 N–H and O–H groups in total. The molecule has 7 heteroatoms. The number of methoxy groups -OCH3 is 1. The second-order valence-electron chi connectivity index (χ2n) is 4.06. The molecule has 0 aliphatic rings. The molecule has 0 aliphatic carbocycles. The van der Waals surface area contributed by atoms with E-state index in [2.05, 4.69) is 0 Å². The number of aliphatic hydroxyl groups excluding tert-OH is 1. The van der Waals surface area contributed by atoms with Gasteiger partial charge in [0.1, 0.15) is 11.2 Å². The predicted octanol–water partition coefficient (Wildman–Crippen LogP) is 1.06. The third kappa shape index (κ3) is 3.71. The highest BCUT2D eigenvalue weighted by molar-refractivity contribution is 7.91. The predicted molar refractivity (Wildman–Crippen MR) is 73.3 cm³/mol. The van der Waals surface area contributed by atoms with Crippen LogP contribution < -0.4 is 9.47 Å². The first-order chi connectivity index (χ1) is 9.50. The lowest BCUT2D eigenvalue weighted by Crippen LogP contribution is -2.13. The van der Waals surface area contributed by atoms with E-state index in [4.69, 9.17) is 14.6 Å². The van der Waals surface area contributed by atoms with Crippen LogP contribution in [-0.4, -0.2) is 45.9 Å². The van der Waals surface area contributed by atoms with Crippen molar-refractivity contribution in [3.8, 4) is 11.5 Å². The average molecular weight is 302 g/mol. The van der Waals surface area contributed by atoms with E-state index in [0.717, 1.165) is 0 Å². The van der Waals surface area contributed by atoms with Gasteiger partial charge >= 0.3 is 0 Å². The van der Waals surface area contributed by atoms with Crippen molar-refractivity contribution in [2.24, 2.45) is 0 Å². The van der Waals surface area contributed by atoms with Crippen LogP contribution in [0.4, 0.5) is 0 Å². The molecular formula is C13H18O6S. The number of hydrogen-bond donors (Lipinski definition) is 1. The smallest absolute Gasteiger partial charge is 0.184 e. The molecule has 0 atom stereocenters. The van der Waals surface area contributed by atoms with Gasteiger partial charge in [-0.3, -0.25) is 4.79 Å². The highest BCUT2D eigenvalue weighted by Gasteiger charge is 2.24. The summed E-state index contributed by atoms with van der Waals surface area (Å²) in [4.78, 5) is 10.8. The largest absolute Gasteiger partial charge is 0.493 e. The van der Waals surface area contributed by atoms with Crippen molar-refractivity contribution < 1.29 is 27.8 Å². The fourth-order valence-corrected chi connectivity index (χ4v) is 2.84. The number of aldehydes is 1. The van der Waals surface area contributed by atoms with Crippen LogP contribution in [0, 0.1) is 0 Å². The second-order valence-corrected chi connectivity index (χ2v) is 6.14. The standard InChI is InChI=1S/C13H18O6S/c1-3-5-19-13-11(18-2)7-10(9-15)8-12(13)20(16,17)6-4-14/h7-9,14H,3-6H2,1-2H3. The zero-order valence-electron chi connectivity index (χ0n) is 11.5. The van der Waals surface area contributed by atoms with E-state index in [1.807, 2.05) is 6.92 Å². The van der Waals surface area contributed by atoms with Crippen molar-refractivity contribution in [2.45, 2.75) is 18.2 Å². The maximum absolute atomic E-state index is 12.1. The Morgan fingerprint density at radius 1 is 1.35 bits per heavy atom. The van der Waals surface area contributed by atoms with E-state index >= 15 is 0 Å². The van der Waals surface area contributed by atoms with Gasteiger partial charge in [0.05, 0.1) is 26.1 Å². The van der Waals surface area contributed by atoms with Crippen LogP contribution in [-0.2, 0) is 9.84 Å². The highest BCUT2D eigenvalue weighted by Crippen LogP contribution is 2.36. The number of sulfone groups is 1. The summed E-state index contributed by atoms with van der Waals surface area (Å²) in [5, 5.41) is 8.86. The summed E-state index contributed by atoms with van der Waals surface area (Å²) in [6.45, 7) is 1.69. The van der Waals surface area contributed by atoms with E-state index in [9.17, 15) is 13.2 Å². The van der Waals surface area contributed by atoms with Crippen molar-refractivity contribution >= 4 is 16.1 Å². The van der Waals surface area contributed by atoms with Crippen molar-refractivity contribution in [1.29, 1.82) is 0 Å². The molecule has 0 fully saturated rings. The number of carbonyl (C=O) groups is 1. The first-order valence-corrected chi connectivity index (χ1v) is 7.79. The number of aliphatic hydroxyl groups is 1. The Morgan fingerprint density at radius 3 is 2.55 bits per heavy atom. The summed E-state index contributed by atoms with van der Waals surface area (Å²) in [6, 6.07) is 2.64. The zero-order chi connectivity index (χ0) is 15.2. The molecule has 1 aromatic rings. The van der Waals surface area contributed by atoms with Gasteiger partial charge in [-0.05, 0) is 18.6 Å². The second kappa shape index (κ2) is 7.25.